The van der Waals surface area contributed by atoms with Gasteiger partial charge >= 0.3 is 0 Å². The molecule has 0 radical (unpaired) electrons. The van der Waals surface area contributed by atoms with Crippen molar-refractivity contribution in [2.45, 2.75) is 6.42 Å². The van der Waals surface area contributed by atoms with Crippen LogP contribution in [0.25, 0.3) is 11.0 Å². The van der Waals surface area contributed by atoms with E-state index in [1.165, 1.54) is 5.52 Å². The number of aromatic nitrogens is 2. The quantitative estimate of drug-likeness (QED) is 0.862. The zero-order valence-electron chi connectivity index (χ0n) is 9.87. The Morgan fingerprint density at radius 3 is 2.81 bits per heavy atom. The van der Waals surface area contributed by atoms with Crippen molar-refractivity contribution in [1.82, 2.24) is 14.5 Å². The second-order valence-corrected chi connectivity index (χ2v) is 5.19. The third-order valence-corrected chi connectivity index (χ3v) is 3.21. The van der Waals surface area contributed by atoms with Crippen LogP contribution in [0.15, 0.2) is 22.7 Å². The maximum Gasteiger partial charge on any atom is 0.110 e. The highest BCUT2D eigenvalue weighted by Gasteiger charge is 2.07. The lowest BCUT2D eigenvalue weighted by Gasteiger charge is -2.08. The fourth-order valence-electron chi connectivity index (χ4n) is 1.76. The van der Waals surface area contributed by atoms with Crippen molar-refractivity contribution in [2.75, 3.05) is 20.6 Å². The summed E-state index contributed by atoms with van der Waals surface area (Å²) in [5.41, 5.74) is 2.25. The lowest BCUT2D eigenvalue weighted by Crippen LogP contribution is -2.16. The SMILES string of the molecule is CN(C)CCc1nc2ccc(Br)cc2n1C. The molecule has 1 aromatic heterocycles. The Balaban J connectivity index is 2.36. The third-order valence-electron chi connectivity index (χ3n) is 2.72. The number of hydrogen-bond donors (Lipinski definition) is 0. The minimum atomic E-state index is 0.982. The van der Waals surface area contributed by atoms with Crippen LogP contribution in [0.2, 0.25) is 0 Å². The lowest BCUT2D eigenvalue weighted by atomic mass is 10.3. The number of hydrogen-bond acceptors (Lipinski definition) is 2. The van der Waals surface area contributed by atoms with Gasteiger partial charge in [0, 0.05) is 24.5 Å². The van der Waals surface area contributed by atoms with E-state index in [1.54, 1.807) is 0 Å². The lowest BCUT2D eigenvalue weighted by molar-refractivity contribution is 0.408. The van der Waals surface area contributed by atoms with E-state index in [2.05, 4.69) is 63.7 Å². The Morgan fingerprint density at radius 2 is 2.12 bits per heavy atom. The molecule has 2 aromatic rings. The summed E-state index contributed by atoms with van der Waals surface area (Å²) in [6.45, 7) is 1.03. The largest absolute Gasteiger partial charge is 0.331 e. The molecule has 0 aliphatic rings. The van der Waals surface area contributed by atoms with Crippen molar-refractivity contribution >= 4 is 27.0 Å². The van der Waals surface area contributed by atoms with Gasteiger partial charge in [-0.1, -0.05) is 15.9 Å². The smallest absolute Gasteiger partial charge is 0.110 e. The maximum atomic E-state index is 4.64. The van der Waals surface area contributed by atoms with Gasteiger partial charge in [0.1, 0.15) is 5.82 Å². The number of halogens is 1. The number of aryl methyl sites for hydroxylation is 1. The predicted octanol–water partition coefficient (Wildman–Crippen LogP) is 2.44. The molecule has 1 aromatic carbocycles. The average molecular weight is 282 g/mol. The number of nitrogens with zero attached hydrogens (tertiary/aromatic N) is 3. The van der Waals surface area contributed by atoms with Gasteiger partial charge in [-0.3, -0.25) is 0 Å². The zero-order chi connectivity index (χ0) is 11.7. The molecule has 4 heteroatoms. The Bertz CT molecular complexity index is 502. The molecule has 0 unspecified atom stereocenters. The molecule has 1 heterocycles. The first kappa shape index (κ1) is 11.6. The molecular weight excluding hydrogens is 266 g/mol. The van der Waals surface area contributed by atoms with Crippen LogP contribution in [0.5, 0.6) is 0 Å². The summed E-state index contributed by atoms with van der Waals surface area (Å²) in [5.74, 6) is 1.14. The second-order valence-electron chi connectivity index (χ2n) is 4.27. The summed E-state index contributed by atoms with van der Waals surface area (Å²) in [4.78, 5) is 6.82. The van der Waals surface area contributed by atoms with Crippen molar-refractivity contribution in [3.63, 3.8) is 0 Å². The summed E-state index contributed by atoms with van der Waals surface area (Å²) in [6.07, 6.45) is 0.982. The zero-order valence-corrected chi connectivity index (χ0v) is 11.5. The van der Waals surface area contributed by atoms with Crippen molar-refractivity contribution in [3.8, 4) is 0 Å². The number of imidazole rings is 1. The number of rotatable bonds is 3. The number of benzene rings is 1. The highest BCUT2D eigenvalue weighted by atomic mass is 79.9. The van der Waals surface area contributed by atoms with E-state index < -0.39 is 0 Å². The van der Waals surface area contributed by atoms with E-state index >= 15 is 0 Å². The van der Waals surface area contributed by atoms with Gasteiger partial charge in [-0.15, -0.1) is 0 Å². The molecule has 0 N–H and O–H groups in total. The molecule has 0 aliphatic carbocycles. The number of likely N-dealkylation sites (N-methyl/N-ethyl adjacent to an activating group) is 1. The van der Waals surface area contributed by atoms with Crippen LogP contribution in [0.3, 0.4) is 0 Å². The minimum absolute atomic E-state index is 0.982. The monoisotopic (exact) mass is 281 g/mol. The molecule has 0 saturated carbocycles. The van der Waals surface area contributed by atoms with E-state index in [0.29, 0.717) is 0 Å². The fourth-order valence-corrected chi connectivity index (χ4v) is 2.11. The molecular formula is C12H16BrN3. The van der Waals surface area contributed by atoms with Gasteiger partial charge in [-0.05, 0) is 32.3 Å². The molecule has 0 aliphatic heterocycles. The molecule has 0 atom stereocenters. The molecule has 0 saturated heterocycles. The van der Waals surface area contributed by atoms with Crippen LogP contribution in [0.4, 0.5) is 0 Å². The van der Waals surface area contributed by atoms with Crippen LogP contribution >= 0.6 is 15.9 Å². The minimum Gasteiger partial charge on any atom is -0.331 e. The van der Waals surface area contributed by atoms with Gasteiger partial charge in [-0.2, -0.15) is 0 Å². The van der Waals surface area contributed by atoms with Gasteiger partial charge in [-0.25, -0.2) is 4.98 Å². The van der Waals surface area contributed by atoms with Gasteiger partial charge in [0.15, 0.2) is 0 Å². The summed E-state index contributed by atoms with van der Waals surface area (Å²) >= 11 is 3.49. The Labute approximate surface area is 104 Å². The Hall–Kier alpha value is -0.870. The van der Waals surface area contributed by atoms with Crippen LogP contribution in [-0.4, -0.2) is 35.1 Å². The summed E-state index contributed by atoms with van der Waals surface area (Å²) < 4.78 is 3.27. The first-order valence-electron chi connectivity index (χ1n) is 5.33. The first-order valence-corrected chi connectivity index (χ1v) is 6.13. The van der Waals surface area contributed by atoms with Gasteiger partial charge in [0.25, 0.3) is 0 Å². The molecule has 3 nitrogen and oxygen atoms in total. The molecule has 2 rings (SSSR count). The van der Waals surface area contributed by atoms with E-state index in [4.69, 9.17) is 0 Å². The van der Waals surface area contributed by atoms with Crippen molar-refractivity contribution in [2.24, 2.45) is 7.05 Å². The molecule has 0 bridgehead atoms. The third kappa shape index (κ3) is 2.28. The molecule has 0 amide bonds. The topological polar surface area (TPSA) is 21.1 Å². The van der Waals surface area contributed by atoms with Crippen LogP contribution in [0.1, 0.15) is 5.82 Å². The van der Waals surface area contributed by atoms with Gasteiger partial charge in [0.05, 0.1) is 11.0 Å². The number of fused-ring (bicyclic) bond motifs is 1. The van der Waals surface area contributed by atoms with E-state index in [-0.39, 0.29) is 0 Å². The Morgan fingerprint density at radius 1 is 1.38 bits per heavy atom. The fraction of sp³-hybridized carbons (Fsp3) is 0.417. The predicted molar refractivity (Wildman–Crippen MR) is 70.7 cm³/mol. The molecule has 86 valence electrons. The molecule has 0 spiro atoms. The van der Waals surface area contributed by atoms with E-state index in [1.807, 2.05) is 6.07 Å². The summed E-state index contributed by atoms with van der Waals surface area (Å²) in [6, 6.07) is 6.20. The van der Waals surface area contributed by atoms with Crippen molar-refractivity contribution in [3.05, 3.63) is 28.5 Å². The normalized spacial score (nSPS) is 11.6. The van der Waals surface area contributed by atoms with Crippen LogP contribution in [0, 0.1) is 0 Å². The van der Waals surface area contributed by atoms with Crippen LogP contribution in [-0.2, 0) is 13.5 Å². The molecule has 16 heavy (non-hydrogen) atoms. The summed E-state index contributed by atoms with van der Waals surface area (Å²) in [7, 11) is 6.24. The molecule has 0 fully saturated rings. The van der Waals surface area contributed by atoms with E-state index in [9.17, 15) is 0 Å². The average Bonchev–Trinajstić information content (AvgIpc) is 2.53. The highest BCUT2D eigenvalue weighted by molar-refractivity contribution is 9.10. The van der Waals surface area contributed by atoms with E-state index in [0.717, 1.165) is 28.8 Å². The first-order chi connectivity index (χ1) is 7.58. The van der Waals surface area contributed by atoms with Crippen molar-refractivity contribution < 1.29 is 0 Å². The highest BCUT2D eigenvalue weighted by Crippen LogP contribution is 2.20. The standard InChI is InChI=1S/C12H16BrN3/c1-15(2)7-6-12-14-10-5-4-9(13)8-11(10)16(12)3/h4-5,8H,6-7H2,1-3H3. The van der Waals surface area contributed by atoms with Crippen molar-refractivity contribution in [1.29, 1.82) is 0 Å². The second kappa shape index (κ2) is 4.55. The van der Waals surface area contributed by atoms with Gasteiger partial charge < -0.3 is 9.47 Å². The van der Waals surface area contributed by atoms with Crippen LogP contribution < -0.4 is 0 Å². The van der Waals surface area contributed by atoms with Gasteiger partial charge in [0.2, 0.25) is 0 Å². The Kier molecular flexibility index (Phi) is 3.30. The maximum absolute atomic E-state index is 4.64. The summed E-state index contributed by atoms with van der Waals surface area (Å²) in [5, 5.41) is 0.